The van der Waals surface area contributed by atoms with Crippen molar-refractivity contribution in [2.75, 3.05) is 13.1 Å². The average molecular weight is 236 g/mol. The van der Waals surface area contributed by atoms with Crippen LogP contribution < -0.4 is 11.1 Å². The largest absolute Gasteiger partial charge is 0.481 e. The summed E-state index contributed by atoms with van der Waals surface area (Å²) in [6.45, 7) is 3.45. The fourth-order valence-electron chi connectivity index (χ4n) is 1.70. The summed E-state index contributed by atoms with van der Waals surface area (Å²) < 4.78 is 0. The third-order valence-corrected chi connectivity index (χ3v) is 2.68. The highest BCUT2D eigenvalue weighted by Crippen LogP contribution is 2.06. The van der Waals surface area contributed by atoms with E-state index in [1.807, 2.05) is 12.1 Å². The zero-order valence-corrected chi connectivity index (χ0v) is 10.1. The van der Waals surface area contributed by atoms with E-state index < -0.39 is 5.97 Å². The molecule has 1 unspecified atom stereocenters. The van der Waals surface area contributed by atoms with Gasteiger partial charge in [-0.3, -0.25) is 4.79 Å². The summed E-state index contributed by atoms with van der Waals surface area (Å²) in [6.07, 6.45) is 0.948. The molecule has 4 nitrogen and oxygen atoms in total. The summed E-state index contributed by atoms with van der Waals surface area (Å²) >= 11 is 0. The highest BCUT2D eigenvalue weighted by atomic mass is 16.4. The van der Waals surface area contributed by atoms with Gasteiger partial charge in [0.1, 0.15) is 0 Å². The van der Waals surface area contributed by atoms with Crippen molar-refractivity contribution in [1.82, 2.24) is 5.32 Å². The Morgan fingerprint density at radius 2 is 2.18 bits per heavy atom. The minimum Gasteiger partial charge on any atom is -0.481 e. The van der Waals surface area contributed by atoms with Crippen LogP contribution in [0.5, 0.6) is 0 Å². The number of rotatable bonds is 7. The predicted molar refractivity (Wildman–Crippen MR) is 68.0 cm³/mol. The number of benzene rings is 1. The predicted octanol–water partition coefficient (Wildman–Crippen LogP) is 0.929. The maximum absolute atomic E-state index is 10.4. The Kier molecular flexibility index (Phi) is 5.66. The van der Waals surface area contributed by atoms with Gasteiger partial charge in [0, 0.05) is 12.6 Å². The van der Waals surface area contributed by atoms with Gasteiger partial charge in [-0.15, -0.1) is 0 Å². The molecule has 94 valence electrons. The summed E-state index contributed by atoms with van der Waals surface area (Å²) in [5, 5.41) is 11.7. The molecule has 1 atom stereocenters. The molecule has 0 spiro atoms. The normalized spacial score (nSPS) is 12.4. The molecule has 0 aliphatic rings. The lowest BCUT2D eigenvalue weighted by Gasteiger charge is -2.11. The minimum atomic E-state index is -0.849. The fourth-order valence-corrected chi connectivity index (χ4v) is 1.70. The molecular weight excluding hydrogens is 216 g/mol. The van der Waals surface area contributed by atoms with E-state index in [4.69, 9.17) is 10.8 Å². The third kappa shape index (κ3) is 5.47. The van der Waals surface area contributed by atoms with Crippen LogP contribution in [0.3, 0.4) is 0 Å². The first kappa shape index (κ1) is 13.7. The van der Waals surface area contributed by atoms with Gasteiger partial charge < -0.3 is 16.2 Å². The Morgan fingerprint density at radius 3 is 2.82 bits per heavy atom. The maximum Gasteiger partial charge on any atom is 0.304 e. The molecule has 0 saturated carbocycles. The number of hydrogen-bond donors (Lipinski definition) is 3. The number of hydrogen-bond acceptors (Lipinski definition) is 3. The summed E-state index contributed by atoms with van der Waals surface area (Å²) in [7, 11) is 0. The fraction of sp³-hybridized carbons (Fsp3) is 0.462. The van der Waals surface area contributed by atoms with Gasteiger partial charge in [-0.05, 0) is 31.0 Å². The Morgan fingerprint density at radius 1 is 1.47 bits per heavy atom. The smallest absolute Gasteiger partial charge is 0.304 e. The van der Waals surface area contributed by atoms with Crippen molar-refractivity contribution >= 4 is 5.97 Å². The monoisotopic (exact) mass is 236 g/mol. The number of carboxylic acids is 1. The van der Waals surface area contributed by atoms with E-state index in [-0.39, 0.29) is 12.5 Å². The number of nitrogens with one attached hydrogen (secondary N) is 1. The second-order valence-electron chi connectivity index (χ2n) is 4.24. The van der Waals surface area contributed by atoms with Crippen LogP contribution in [0.15, 0.2) is 24.3 Å². The second kappa shape index (κ2) is 7.04. The van der Waals surface area contributed by atoms with E-state index in [9.17, 15) is 4.79 Å². The number of aliphatic carboxylic acids is 1. The van der Waals surface area contributed by atoms with Crippen LogP contribution in [0, 0.1) is 6.92 Å². The highest BCUT2D eigenvalue weighted by molar-refractivity contribution is 5.67. The molecule has 0 heterocycles. The Hall–Kier alpha value is -1.39. The van der Waals surface area contributed by atoms with Crippen LogP contribution in [-0.2, 0) is 11.2 Å². The van der Waals surface area contributed by atoms with Crippen molar-refractivity contribution in [3.63, 3.8) is 0 Å². The van der Waals surface area contributed by atoms with Crippen LogP contribution in [0.25, 0.3) is 0 Å². The molecule has 0 amide bonds. The van der Waals surface area contributed by atoms with Gasteiger partial charge in [0.2, 0.25) is 0 Å². The molecule has 0 saturated heterocycles. The quantitative estimate of drug-likeness (QED) is 0.616. The summed E-state index contributed by atoms with van der Waals surface area (Å²) in [4.78, 5) is 10.4. The number of carboxylic acid groups (broad SMARTS) is 1. The molecular formula is C13H20N2O2. The lowest BCUT2D eigenvalue weighted by Crippen LogP contribution is -2.36. The van der Waals surface area contributed by atoms with Crippen LogP contribution in [0.2, 0.25) is 0 Å². The van der Waals surface area contributed by atoms with Crippen molar-refractivity contribution in [2.24, 2.45) is 5.73 Å². The van der Waals surface area contributed by atoms with Crippen LogP contribution in [-0.4, -0.2) is 30.2 Å². The SMILES string of the molecule is Cc1ccccc1CCNCC(N)CC(=O)O. The maximum atomic E-state index is 10.4. The first-order valence-corrected chi connectivity index (χ1v) is 5.82. The minimum absolute atomic E-state index is 0.0113. The average Bonchev–Trinajstić information content (AvgIpc) is 2.25. The molecule has 4 N–H and O–H groups in total. The van der Waals surface area contributed by atoms with E-state index in [2.05, 4.69) is 24.4 Å². The van der Waals surface area contributed by atoms with E-state index >= 15 is 0 Å². The van der Waals surface area contributed by atoms with Crippen LogP contribution in [0.4, 0.5) is 0 Å². The molecule has 0 radical (unpaired) electrons. The topological polar surface area (TPSA) is 75.3 Å². The molecule has 17 heavy (non-hydrogen) atoms. The van der Waals surface area contributed by atoms with E-state index in [1.165, 1.54) is 11.1 Å². The first-order chi connectivity index (χ1) is 8.09. The van der Waals surface area contributed by atoms with Gasteiger partial charge in [0.25, 0.3) is 0 Å². The number of nitrogens with two attached hydrogens (primary N) is 1. The summed E-state index contributed by atoms with van der Waals surface area (Å²) in [6, 6.07) is 7.93. The highest BCUT2D eigenvalue weighted by Gasteiger charge is 2.06. The Labute approximate surface area is 102 Å². The number of aryl methyl sites for hydroxylation is 1. The first-order valence-electron chi connectivity index (χ1n) is 5.82. The molecule has 1 aromatic carbocycles. The van der Waals surface area contributed by atoms with Gasteiger partial charge in [0.15, 0.2) is 0 Å². The third-order valence-electron chi connectivity index (χ3n) is 2.68. The summed E-state index contributed by atoms with van der Waals surface area (Å²) in [5.74, 6) is -0.849. The standard InChI is InChI=1S/C13H20N2O2/c1-10-4-2-3-5-11(10)6-7-15-9-12(14)8-13(16)17/h2-5,12,15H,6-9,14H2,1H3,(H,16,17). The van der Waals surface area contributed by atoms with E-state index in [0.29, 0.717) is 6.54 Å². The van der Waals surface area contributed by atoms with Crippen molar-refractivity contribution in [3.8, 4) is 0 Å². The zero-order chi connectivity index (χ0) is 12.7. The van der Waals surface area contributed by atoms with Crippen LogP contribution in [0.1, 0.15) is 17.5 Å². The lowest BCUT2D eigenvalue weighted by molar-refractivity contribution is -0.137. The van der Waals surface area contributed by atoms with Crippen molar-refractivity contribution in [2.45, 2.75) is 25.8 Å². The molecule has 1 aromatic rings. The van der Waals surface area contributed by atoms with Crippen LogP contribution >= 0.6 is 0 Å². The van der Waals surface area contributed by atoms with Crippen molar-refractivity contribution in [1.29, 1.82) is 0 Å². The molecule has 0 bridgehead atoms. The molecule has 0 aromatic heterocycles. The van der Waals surface area contributed by atoms with E-state index in [0.717, 1.165) is 13.0 Å². The van der Waals surface area contributed by atoms with E-state index in [1.54, 1.807) is 0 Å². The van der Waals surface area contributed by atoms with Gasteiger partial charge in [-0.25, -0.2) is 0 Å². The van der Waals surface area contributed by atoms with Crippen molar-refractivity contribution in [3.05, 3.63) is 35.4 Å². The zero-order valence-electron chi connectivity index (χ0n) is 10.1. The molecule has 4 heteroatoms. The molecule has 0 fully saturated rings. The lowest BCUT2D eigenvalue weighted by atomic mass is 10.1. The Bertz CT molecular complexity index is 366. The van der Waals surface area contributed by atoms with Gasteiger partial charge in [-0.2, -0.15) is 0 Å². The van der Waals surface area contributed by atoms with Gasteiger partial charge in [0.05, 0.1) is 6.42 Å². The number of carbonyl (C=O) groups is 1. The second-order valence-corrected chi connectivity index (χ2v) is 4.24. The molecule has 1 rings (SSSR count). The van der Waals surface area contributed by atoms with Crippen molar-refractivity contribution < 1.29 is 9.90 Å². The van der Waals surface area contributed by atoms with Gasteiger partial charge >= 0.3 is 5.97 Å². The van der Waals surface area contributed by atoms with Gasteiger partial charge in [-0.1, -0.05) is 24.3 Å². The molecule has 0 aliphatic carbocycles. The molecule has 0 aliphatic heterocycles. The Balaban J connectivity index is 2.20. The summed E-state index contributed by atoms with van der Waals surface area (Å²) in [5.41, 5.74) is 8.23.